The van der Waals surface area contributed by atoms with Crippen LogP contribution in [-0.2, 0) is 6.42 Å². The van der Waals surface area contributed by atoms with Gasteiger partial charge in [0.2, 0.25) is 5.89 Å². The second-order valence-corrected chi connectivity index (χ2v) is 3.91. The fourth-order valence-corrected chi connectivity index (χ4v) is 1.46. The highest BCUT2D eigenvalue weighted by atomic mass is 16.4. The zero-order valence-electron chi connectivity index (χ0n) is 9.97. The Morgan fingerprint density at radius 2 is 2.24 bits per heavy atom. The van der Waals surface area contributed by atoms with Crippen LogP contribution in [0.1, 0.15) is 31.3 Å². The summed E-state index contributed by atoms with van der Waals surface area (Å²) in [6.07, 6.45) is 0.991. The zero-order chi connectivity index (χ0) is 12.3. The molecule has 0 aliphatic heterocycles. The number of nitrogens with one attached hydrogen (secondary N) is 1. The highest BCUT2D eigenvalue weighted by molar-refractivity contribution is 5.53. The second-order valence-electron chi connectivity index (χ2n) is 3.91. The summed E-state index contributed by atoms with van der Waals surface area (Å²) in [5.41, 5.74) is 7.83. The molecule has 1 heterocycles. The average molecular weight is 232 g/mol. The van der Waals surface area contributed by atoms with E-state index >= 15 is 0 Å². The number of hydrogen-bond acceptors (Lipinski definition) is 5. The predicted molar refractivity (Wildman–Crippen MR) is 66.0 cm³/mol. The molecule has 0 bridgehead atoms. The van der Waals surface area contributed by atoms with Crippen LogP contribution in [0.25, 0.3) is 0 Å². The van der Waals surface area contributed by atoms with Crippen molar-refractivity contribution >= 4 is 11.7 Å². The van der Waals surface area contributed by atoms with Crippen LogP contribution in [0.4, 0.5) is 11.7 Å². The van der Waals surface area contributed by atoms with Gasteiger partial charge >= 0.3 is 6.01 Å². The Labute approximate surface area is 100 Å². The monoisotopic (exact) mass is 232 g/mol. The molecule has 90 valence electrons. The van der Waals surface area contributed by atoms with E-state index in [0.29, 0.717) is 11.9 Å². The lowest BCUT2D eigenvalue weighted by molar-refractivity contribution is 0.475. The van der Waals surface area contributed by atoms with E-state index in [1.807, 2.05) is 12.1 Å². The molecule has 0 aliphatic rings. The van der Waals surface area contributed by atoms with E-state index in [9.17, 15) is 0 Å². The first-order valence-corrected chi connectivity index (χ1v) is 5.64. The number of rotatable bonds is 4. The zero-order valence-corrected chi connectivity index (χ0v) is 9.97. The topological polar surface area (TPSA) is 77.0 Å². The van der Waals surface area contributed by atoms with Gasteiger partial charge in [0.15, 0.2) is 0 Å². The van der Waals surface area contributed by atoms with Gasteiger partial charge in [0.1, 0.15) is 0 Å². The van der Waals surface area contributed by atoms with Crippen LogP contribution in [0.3, 0.4) is 0 Å². The van der Waals surface area contributed by atoms with Crippen LogP contribution < -0.4 is 11.1 Å². The Bertz CT molecular complexity index is 493. The Morgan fingerprint density at radius 1 is 1.41 bits per heavy atom. The molecule has 2 rings (SSSR count). The van der Waals surface area contributed by atoms with Crippen LogP contribution in [0.5, 0.6) is 0 Å². The van der Waals surface area contributed by atoms with Crippen molar-refractivity contribution in [1.29, 1.82) is 0 Å². The third kappa shape index (κ3) is 2.82. The van der Waals surface area contributed by atoms with E-state index in [1.165, 1.54) is 5.56 Å². The van der Waals surface area contributed by atoms with E-state index in [0.717, 1.165) is 12.1 Å². The Balaban J connectivity index is 2.13. The molecule has 0 saturated heterocycles. The highest BCUT2D eigenvalue weighted by Crippen LogP contribution is 2.18. The van der Waals surface area contributed by atoms with E-state index in [-0.39, 0.29) is 6.04 Å². The van der Waals surface area contributed by atoms with E-state index in [1.54, 1.807) is 6.92 Å². The molecule has 1 atom stereocenters. The number of nitrogens with zero attached hydrogens (tertiary/aromatic N) is 2. The first-order valence-electron chi connectivity index (χ1n) is 5.64. The van der Waals surface area contributed by atoms with Crippen molar-refractivity contribution in [2.45, 2.75) is 26.3 Å². The van der Waals surface area contributed by atoms with Crippen molar-refractivity contribution in [3.05, 3.63) is 35.7 Å². The lowest BCUT2D eigenvalue weighted by Crippen LogP contribution is -2.04. The third-order valence-electron chi connectivity index (χ3n) is 2.42. The second kappa shape index (κ2) is 4.97. The van der Waals surface area contributed by atoms with E-state index in [2.05, 4.69) is 34.6 Å². The molecule has 0 saturated carbocycles. The standard InChI is InChI=1S/C12H16N4O/c1-3-9-5-4-6-10(7-9)14-12-16-15-11(17-12)8(2)13/h4-8H,3,13H2,1-2H3,(H,14,16). The number of hydrogen-bond donors (Lipinski definition) is 2. The first kappa shape index (κ1) is 11.6. The molecule has 5 heteroatoms. The van der Waals surface area contributed by atoms with Gasteiger partial charge in [0.25, 0.3) is 0 Å². The highest BCUT2D eigenvalue weighted by Gasteiger charge is 2.09. The Morgan fingerprint density at radius 3 is 2.88 bits per heavy atom. The number of aryl methyl sites for hydroxylation is 1. The molecule has 0 amide bonds. The van der Waals surface area contributed by atoms with Crippen LogP contribution in [0, 0.1) is 0 Å². The molecule has 0 aliphatic carbocycles. The van der Waals surface area contributed by atoms with Gasteiger partial charge in [0, 0.05) is 5.69 Å². The summed E-state index contributed by atoms with van der Waals surface area (Å²) in [6, 6.07) is 8.19. The molecule has 1 aromatic carbocycles. The fourth-order valence-electron chi connectivity index (χ4n) is 1.46. The van der Waals surface area contributed by atoms with E-state index in [4.69, 9.17) is 10.2 Å². The van der Waals surface area contributed by atoms with Gasteiger partial charge in [-0.3, -0.25) is 0 Å². The van der Waals surface area contributed by atoms with Crippen molar-refractivity contribution in [1.82, 2.24) is 10.2 Å². The Hall–Kier alpha value is -1.88. The van der Waals surface area contributed by atoms with Gasteiger partial charge in [-0.1, -0.05) is 24.2 Å². The normalized spacial score (nSPS) is 12.4. The van der Waals surface area contributed by atoms with Gasteiger partial charge in [-0.25, -0.2) is 0 Å². The summed E-state index contributed by atoms with van der Waals surface area (Å²) in [5, 5.41) is 10.8. The largest absolute Gasteiger partial charge is 0.406 e. The van der Waals surface area contributed by atoms with Crippen LogP contribution in [-0.4, -0.2) is 10.2 Å². The average Bonchev–Trinajstić information content (AvgIpc) is 2.78. The molecule has 3 N–H and O–H groups in total. The van der Waals surface area contributed by atoms with Crippen molar-refractivity contribution in [3.8, 4) is 0 Å². The molecule has 0 fully saturated rings. The molecule has 5 nitrogen and oxygen atoms in total. The predicted octanol–water partition coefficient (Wildman–Crippen LogP) is 2.40. The number of anilines is 2. The summed E-state index contributed by atoms with van der Waals surface area (Å²) in [7, 11) is 0. The summed E-state index contributed by atoms with van der Waals surface area (Å²) in [5.74, 6) is 0.430. The smallest absolute Gasteiger partial charge is 0.320 e. The molecular weight excluding hydrogens is 216 g/mol. The lowest BCUT2D eigenvalue weighted by atomic mass is 10.1. The summed E-state index contributed by atoms with van der Waals surface area (Å²) in [6.45, 7) is 3.91. The van der Waals surface area contributed by atoms with E-state index < -0.39 is 0 Å². The number of aromatic nitrogens is 2. The molecule has 0 radical (unpaired) electrons. The summed E-state index contributed by atoms with van der Waals surface area (Å²) in [4.78, 5) is 0. The molecule has 2 aromatic rings. The van der Waals surface area contributed by atoms with Crippen molar-refractivity contribution < 1.29 is 4.42 Å². The molecule has 0 spiro atoms. The Kier molecular flexibility index (Phi) is 3.39. The van der Waals surface area contributed by atoms with Crippen LogP contribution in [0.15, 0.2) is 28.7 Å². The minimum atomic E-state index is -0.250. The van der Waals surface area contributed by atoms with Gasteiger partial charge in [0.05, 0.1) is 6.04 Å². The van der Waals surface area contributed by atoms with Crippen LogP contribution in [0.2, 0.25) is 0 Å². The molecule has 17 heavy (non-hydrogen) atoms. The first-order chi connectivity index (χ1) is 8.19. The summed E-state index contributed by atoms with van der Waals surface area (Å²) < 4.78 is 5.36. The summed E-state index contributed by atoms with van der Waals surface area (Å²) >= 11 is 0. The van der Waals surface area contributed by atoms with Crippen LogP contribution >= 0.6 is 0 Å². The maximum Gasteiger partial charge on any atom is 0.320 e. The number of benzene rings is 1. The minimum Gasteiger partial charge on any atom is -0.406 e. The third-order valence-corrected chi connectivity index (χ3v) is 2.42. The molecule has 1 unspecified atom stereocenters. The quantitative estimate of drug-likeness (QED) is 0.846. The lowest BCUT2D eigenvalue weighted by Gasteiger charge is -2.03. The van der Waals surface area contributed by atoms with Gasteiger partial charge in [-0.05, 0) is 31.0 Å². The minimum absolute atomic E-state index is 0.250. The van der Waals surface area contributed by atoms with Crippen molar-refractivity contribution in [2.75, 3.05) is 5.32 Å². The molecule has 1 aromatic heterocycles. The maximum atomic E-state index is 5.64. The SMILES string of the molecule is CCc1cccc(Nc2nnc(C(C)N)o2)c1. The van der Waals surface area contributed by atoms with Gasteiger partial charge in [-0.2, -0.15) is 0 Å². The molecular formula is C12H16N4O. The van der Waals surface area contributed by atoms with Gasteiger partial charge in [-0.15, -0.1) is 5.10 Å². The fraction of sp³-hybridized carbons (Fsp3) is 0.333. The van der Waals surface area contributed by atoms with Crippen molar-refractivity contribution in [2.24, 2.45) is 5.73 Å². The van der Waals surface area contributed by atoms with Gasteiger partial charge < -0.3 is 15.5 Å². The van der Waals surface area contributed by atoms with Crippen molar-refractivity contribution in [3.63, 3.8) is 0 Å². The maximum absolute atomic E-state index is 5.64. The number of nitrogens with two attached hydrogens (primary N) is 1.